The first-order chi connectivity index (χ1) is 13.2. The van der Waals surface area contributed by atoms with Crippen molar-refractivity contribution in [3.05, 3.63) is 29.8 Å². The van der Waals surface area contributed by atoms with Crippen LogP contribution in [0, 0.1) is 5.92 Å². The number of nitrogens with zero attached hydrogens (tertiary/aromatic N) is 2. The largest absolute Gasteiger partial charge is 0.496 e. The molecule has 1 heterocycles. The fourth-order valence-electron chi connectivity index (χ4n) is 4.42. The number of hydrogen-bond acceptors (Lipinski definition) is 4. The minimum Gasteiger partial charge on any atom is -0.496 e. The molecule has 3 rings (SSSR count). The number of hydrogen-bond donors (Lipinski definition) is 1. The Balaban J connectivity index is 1.65. The second-order valence-electron chi connectivity index (χ2n) is 7.41. The molecule has 1 aromatic carbocycles. The van der Waals surface area contributed by atoms with Gasteiger partial charge >= 0.3 is 0 Å². The molecular formula is C21H31N3O3. The first-order valence-corrected chi connectivity index (χ1v) is 10.1. The third-order valence-corrected chi connectivity index (χ3v) is 5.80. The maximum absolute atomic E-state index is 12.9. The average molecular weight is 373 g/mol. The summed E-state index contributed by atoms with van der Waals surface area (Å²) in [6.07, 6.45) is 4.68. The molecule has 0 radical (unpaired) electrons. The van der Waals surface area contributed by atoms with Gasteiger partial charge in [0, 0.05) is 32.7 Å². The Bertz CT molecular complexity index is 650. The second-order valence-corrected chi connectivity index (χ2v) is 7.41. The van der Waals surface area contributed by atoms with Gasteiger partial charge in [-0.3, -0.25) is 14.5 Å². The molecule has 0 bridgehead atoms. The summed E-state index contributed by atoms with van der Waals surface area (Å²) >= 11 is 0. The molecule has 1 aliphatic carbocycles. The number of methoxy groups -OCH3 is 1. The third kappa shape index (κ3) is 4.43. The van der Waals surface area contributed by atoms with Gasteiger partial charge in [-0.2, -0.15) is 0 Å². The van der Waals surface area contributed by atoms with Crippen LogP contribution in [0.1, 0.15) is 43.0 Å². The molecule has 2 aliphatic rings. The SMILES string of the molecule is CCNC(=O)C(C1CCCC1)N1CCN(C(=O)c2ccccc2OC)CC1. The van der Waals surface area contributed by atoms with Gasteiger partial charge in [-0.25, -0.2) is 0 Å². The number of ether oxygens (including phenoxy) is 1. The quantitative estimate of drug-likeness (QED) is 0.830. The van der Waals surface area contributed by atoms with Crippen molar-refractivity contribution in [2.45, 2.75) is 38.6 Å². The van der Waals surface area contributed by atoms with E-state index in [4.69, 9.17) is 4.74 Å². The monoisotopic (exact) mass is 373 g/mol. The number of nitrogens with one attached hydrogen (secondary N) is 1. The summed E-state index contributed by atoms with van der Waals surface area (Å²) < 4.78 is 5.33. The van der Waals surface area contributed by atoms with Gasteiger partial charge < -0.3 is 15.0 Å². The zero-order valence-electron chi connectivity index (χ0n) is 16.4. The first kappa shape index (κ1) is 19.7. The Kier molecular flexibility index (Phi) is 6.72. The van der Waals surface area contributed by atoms with Crippen molar-refractivity contribution in [1.82, 2.24) is 15.1 Å². The molecule has 1 unspecified atom stereocenters. The molecule has 1 N–H and O–H groups in total. The maximum atomic E-state index is 12.9. The highest BCUT2D eigenvalue weighted by atomic mass is 16.5. The summed E-state index contributed by atoms with van der Waals surface area (Å²) in [5.74, 6) is 1.19. The molecule has 0 aromatic heterocycles. The van der Waals surface area contributed by atoms with Crippen LogP contribution in [0.15, 0.2) is 24.3 Å². The van der Waals surface area contributed by atoms with E-state index in [1.54, 1.807) is 7.11 Å². The van der Waals surface area contributed by atoms with Gasteiger partial charge in [-0.1, -0.05) is 25.0 Å². The molecule has 6 nitrogen and oxygen atoms in total. The summed E-state index contributed by atoms with van der Waals surface area (Å²) in [5, 5.41) is 3.02. The Labute approximate surface area is 161 Å². The maximum Gasteiger partial charge on any atom is 0.257 e. The third-order valence-electron chi connectivity index (χ3n) is 5.80. The van der Waals surface area contributed by atoms with E-state index in [9.17, 15) is 9.59 Å². The van der Waals surface area contributed by atoms with E-state index >= 15 is 0 Å². The average Bonchev–Trinajstić information content (AvgIpc) is 3.22. The minimum absolute atomic E-state index is 0.00234. The van der Waals surface area contributed by atoms with Gasteiger partial charge in [0.05, 0.1) is 18.7 Å². The van der Waals surface area contributed by atoms with Gasteiger partial charge in [-0.15, -0.1) is 0 Å². The van der Waals surface area contributed by atoms with Crippen molar-refractivity contribution in [2.24, 2.45) is 5.92 Å². The molecule has 1 aromatic rings. The van der Waals surface area contributed by atoms with Gasteiger partial charge in [0.25, 0.3) is 5.91 Å². The predicted octanol–water partition coefficient (Wildman–Crippen LogP) is 2.15. The highest BCUT2D eigenvalue weighted by molar-refractivity contribution is 5.97. The molecule has 0 spiro atoms. The molecule has 1 atom stereocenters. The number of carbonyl (C=O) groups excluding carboxylic acids is 2. The Morgan fingerprint density at radius 3 is 2.44 bits per heavy atom. The number of piperazine rings is 1. The normalized spacial score (nSPS) is 19.7. The van der Waals surface area contributed by atoms with Gasteiger partial charge in [0.2, 0.25) is 5.91 Å². The molecule has 6 heteroatoms. The lowest BCUT2D eigenvalue weighted by atomic mass is 9.95. The number of amides is 2. The molecule has 2 amide bonds. The molecule has 2 fully saturated rings. The number of likely N-dealkylation sites (N-methyl/N-ethyl adjacent to an activating group) is 1. The lowest BCUT2D eigenvalue weighted by Crippen LogP contribution is -2.58. The van der Waals surface area contributed by atoms with Crippen LogP contribution in [0.25, 0.3) is 0 Å². The number of para-hydroxylation sites is 1. The first-order valence-electron chi connectivity index (χ1n) is 10.1. The van der Waals surface area contributed by atoms with E-state index < -0.39 is 0 Å². The van der Waals surface area contributed by atoms with E-state index in [0.717, 1.165) is 25.9 Å². The van der Waals surface area contributed by atoms with E-state index in [1.807, 2.05) is 36.1 Å². The van der Waals surface area contributed by atoms with Crippen LogP contribution in [-0.2, 0) is 4.79 Å². The van der Waals surface area contributed by atoms with Crippen LogP contribution in [0.2, 0.25) is 0 Å². The molecule has 1 saturated heterocycles. The fourth-order valence-corrected chi connectivity index (χ4v) is 4.42. The Morgan fingerprint density at radius 2 is 1.81 bits per heavy atom. The molecule has 27 heavy (non-hydrogen) atoms. The molecule has 148 valence electrons. The van der Waals surface area contributed by atoms with Crippen LogP contribution in [0.5, 0.6) is 5.75 Å². The van der Waals surface area contributed by atoms with Crippen LogP contribution in [-0.4, -0.2) is 67.5 Å². The lowest BCUT2D eigenvalue weighted by Gasteiger charge is -2.40. The Hall–Kier alpha value is -2.08. The molecular weight excluding hydrogens is 342 g/mol. The number of rotatable bonds is 6. The topological polar surface area (TPSA) is 61.9 Å². The highest BCUT2D eigenvalue weighted by Crippen LogP contribution is 2.31. The zero-order valence-corrected chi connectivity index (χ0v) is 16.4. The standard InChI is InChI=1S/C21H31N3O3/c1-3-22-20(25)19(16-8-4-5-9-16)23-12-14-24(15-13-23)21(26)17-10-6-7-11-18(17)27-2/h6-7,10-11,16,19H,3-5,8-9,12-15H2,1-2H3,(H,22,25). The van der Waals surface area contributed by atoms with Crippen molar-refractivity contribution in [3.8, 4) is 5.75 Å². The van der Waals surface area contributed by atoms with E-state index in [0.29, 0.717) is 36.9 Å². The molecule has 1 aliphatic heterocycles. The van der Waals surface area contributed by atoms with Crippen molar-refractivity contribution in [2.75, 3.05) is 39.8 Å². The van der Waals surface area contributed by atoms with Crippen LogP contribution >= 0.6 is 0 Å². The van der Waals surface area contributed by atoms with Gasteiger partial charge in [0.15, 0.2) is 0 Å². The summed E-state index contributed by atoms with van der Waals surface area (Å²) in [6.45, 7) is 5.37. The summed E-state index contributed by atoms with van der Waals surface area (Å²) in [5.41, 5.74) is 0.601. The van der Waals surface area contributed by atoms with Crippen molar-refractivity contribution >= 4 is 11.8 Å². The minimum atomic E-state index is -0.0593. The number of benzene rings is 1. The van der Waals surface area contributed by atoms with Gasteiger partial charge in [0.1, 0.15) is 5.75 Å². The summed E-state index contributed by atoms with van der Waals surface area (Å²) in [4.78, 5) is 29.8. The van der Waals surface area contributed by atoms with E-state index in [2.05, 4.69) is 10.2 Å². The van der Waals surface area contributed by atoms with E-state index in [-0.39, 0.29) is 17.9 Å². The Morgan fingerprint density at radius 1 is 1.15 bits per heavy atom. The van der Waals surface area contributed by atoms with Crippen LogP contribution in [0.3, 0.4) is 0 Å². The zero-order chi connectivity index (χ0) is 19.2. The van der Waals surface area contributed by atoms with Gasteiger partial charge in [-0.05, 0) is 37.8 Å². The van der Waals surface area contributed by atoms with Crippen molar-refractivity contribution < 1.29 is 14.3 Å². The smallest absolute Gasteiger partial charge is 0.257 e. The fraction of sp³-hybridized carbons (Fsp3) is 0.619. The van der Waals surface area contributed by atoms with E-state index in [1.165, 1.54) is 12.8 Å². The second kappa shape index (κ2) is 9.22. The highest BCUT2D eigenvalue weighted by Gasteiger charge is 2.37. The number of carbonyl (C=O) groups is 2. The summed E-state index contributed by atoms with van der Waals surface area (Å²) in [6, 6.07) is 7.29. The summed E-state index contributed by atoms with van der Waals surface area (Å²) in [7, 11) is 1.59. The molecule has 1 saturated carbocycles. The van der Waals surface area contributed by atoms with Crippen LogP contribution < -0.4 is 10.1 Å². The predicted molar refractivity (Wildman–Crippen MR) is 105 cm³/mol. The van der Waals surface area contributed by atoms with Crippen molar-refractivity contribution in [1.29, 1.82) is 0 Å². The van der Waals surface area contributed by atoms with Crippen molar-refractivity contribution in [3.63, 3.8) is 0 Å². The van der Waals surface area contributed by atoms with Crippen LogP contribution in [0.4, 0.5) is 0 Å². The lowest BCUT2D eigenvalue weighted by molar-refractivity contribution is -0.129.